The van der Waals surface area contributed by atoms with Crippen LogP contribution in [0.1, 0.15) is 11.3 Å². The highest BCUT2D eigenvalue weighted by atomic mass is 79.9. The van der Waals surface area contributed by atoms with E-state index in [0.717, 1.165) is 15.1 Å². The predicted octanol–water partition coefficient (Wildman–Crippen LogP) is 3.61. The van der Waals surface area contributed by atoms with Crippen molar-refractivity contribution in [3.8, 4) is 11.8 Å². The molecule has 2 heterocycles. The number of nitriles is 1. The number of fused-ring (bicyclic) bond motifs is 1. The van der Waals surface area contributed by atoms with E-state index in [2.05, 4.69) is 27.0 Å². The first kappa shape index (κ1) is 12.2. The molecule has 0 aliphatic rings. The van der Waals surface area contributed by atoms with Crippen molar-refractivity contribution in [3.63, 3.8) is 0 Å². The molecule has 0 aliphatic heterocycles. The molecule has 4 nitrogen and oxygen atoms in total. The zero-order valence-electron chi connectivity index (χ0n) is 9.71. The van der Waals surface area contributed by atoms with Crippen molar-refractivity contribution in [1.82, 2.24) is 9.38 Å². The number of benzene rings is 1. The van der Waals surface area contributed by atoms with Crippen LogP contribution >= 0.6 is 27.3 Å². The third kappa shape index (κ3) is 2.48. The number of halogens is 1. The highest BCUT2D eigenvalue weighted by molar-refractivity contribution is 9.10. The van der Waals surface area contributed by atoms with Gasteiger partial charge in [0.2, 0.25) is 0 Å². The van der Waals surface area contributed by atoms with Crippen LogP contribution in [-0.4, -0.2) is 9.38 Å². The zero-order chi connectivity index (χ0) is 13.2. The molecule has 19 heavy (non-hydrogen) atoms. The first-order chi connectivity index (χ1) is 9.26. The summed E-state index contributed by atoms with van der Waals surface area (Å²) >= 11 is 4.91. The van der Waals surface area contributed by atoms with E-state index in [1.54, 1.807) is 23.5 Å². The smallest absolute Gasteiger partial charge is 0.193 e. The maximum absolute atomic E-state index is 9.05. The van der Waals surface area contributed by atoms with E-state index in [9.17, 15) is 0 Å². The normalized spacial score (nSPS) is 10.5. The second-order valence-electron chi connectivity index (χ2n) is 3.87. The van der Waals surface area contributed by atoms with Crippen molar-refractivity contribution in [1.29, 1.82) is 5.26 Å². The van der Waals surface area contributed by atoms with E-state index < -0.39 is 0 Å². The lowest BCUT2D eigenvalue weighted by Gasteiger charge is -2.06. The van der Waals surface area contributed by atoms with E-state index in [1.165, 1.54) is 0 Å². The van der Waals surface area contributed by atoms with Crippen LogP contribution in [0.25, 0.3) is 4.96 Å². The van der Waals surface area contributed by atoms with E-state index in [-0.39, 0.29) is 0 Å². The lowest BCUT2D eigenvalue weighted by molar-refractivity contribution is 0.301. The molecule has 0 aliphatic carbocycles. The van der Waals surface area contributed by atoms with E-state index in [4.69, 9.17) is 10.00 Å². The highest BCUT2D eigenvalue weighted by Crippen LogP contribution is 2.23. The molecule has 0 fully saturated rings. The Kier molecular flexibility index (Phi) is 3.23. The average Bonchev–Trinajstić information content (AvgIpc) is 2.97. The van der Waals surface area contributed by atoms with Gasteiger partial charge in [0.25, 0.3) is 0 Å². The molecule has 0 unspecified atom stereocenters. The topological polar surface area (TPSA) is 50.3 Å². The fourth-order valence-corrected chi connectivity index (χ4v) is 2.79. The van der Waals surface area contributed by atoms with Crippen LogP contribution in [-0.2, 0) is 6.61 Å². The van der Waals surface area contributed by atoms with Gasteiger partial charge in [0.05, 0.1) is 11.3 Å². The lowest BCUT2D eigenvalue weighted by atomic mass is 10.2. The molecule has 0 spiro atoms. The predicted molar refractivity (Wildman–Crippen MR) is 76.3 cm³/mol. The number of hydrogen-bond donors (Lipinski definition) is 0. The maximum atomic E-state index is 9.05. The Labute approximate surface area is 122 Å². The van der Waals surface area contributed by atoms with Crippen molar-refractivity contribution in [2.24, 2.45) is 0 Å². The summed E-state index contributed by atoms with van der Waals surface area (Å²) in [7, 11) is 0. The Balaban J connectivity index is 1.79. The standard InChI is InChI=1S/C13H8BrN3OS/c14-10-1-2-12(9(5-10)6-15)18-8-11-7-17-3-4-19-13(17)16-11/h1-5,7H,8H2. The largest absolute Gasteiger partial charge is 0.486 e. The minimum Gasteiger partial charge on any atom is -0.486 e. The second kappa shape index (κ2) is 5.03. The van der Waals surface area contributed by atoms with Crippen LogP contribution in [0, 0.1) is 11.3 Å². The van der Waals surface area contributed by atoms with Crippen LogP contribution in [0.4, 0.5) is 0 Å². The van der Waals surface area contributed by atoms with Crippen molar-refractivity contribution in [2.75, 3.05) is 0 Å². The quantitative estimate of drug-likeness (QED) is 0.735. The van der Waals surface area contributed by atoms with Crippen LogP contribution < -0.4 is 4.74 Å². The number of aromatic nitrogens is 2. The van der Waals surface area contributed by atoms with E-state index >= 15 is 0 Å². The number of ether oxygens (including phenoxy) is 1. The second-order valence-corrected chi connectivity index (χ2v) is 5.65. The molecule has 0 N–H and O–H groups in total. The van der Waals surface area contributed by atoms with Crippen LogP contribution in [0.5, 0.6) is 5.75 Å². The van der Waals surface area contributed by atoms with Crippen LogP contribution in [0.3, 0.4) is 0 Å². The molecule has 0 saturated carbocycles. The summed E-state index contributed by atoms with van der Waals surface area (Å²) in [5.41, 5.74) is 1.36. The van der Waals surface area contributed by atoms with Gasteiger partial charge in [-0.2, -0.15) is 5.26 Å². The van der Waals surface area contributed by atoms with Gasteiger partial charge in [-0.1, -0.05) is 15.9 Å². The first-order valence-corrected chi connectivity index (χ1v) is 7.17. The fraction of sp³-hybridized carbons (Fsp3) is 0.0769. The van der Waals surface area contributed by atoms with E-state index in [1.807, 2.05) is 28.2 Å². The summed E-state index contributed by atoms with van der Waals surface area (Å²) in [5, 5.41) is 11.0. The number of rotatable bonds is 3. The zero-order valence-corrected chi connectivity index (χ0v) is 12.1. The molecule has 0 amide bonds. The summed E-state index contributed by atoms with van der Waals surface area (Å²) in [6.45, 7) is 0.352. The molecule has 3 rings (SSSR count). The van der Waals surface area contributed by atoms with Gasteiger partial charge in [-0.25, -0.2) is 4.98 Å². The Morgan fingerprint density at radius 3 is 3.16 bits per heavy atom. The van der Waals surface area contributed by atoms with Crippen LogP contribution in [0.15, 0.2) is 40.4 Å². The van der Waals surface area contributed by atoms with E-state index in [0.29, 0.717) is 17.9 Å². The maximum Gasteiger partial charge on any atom is 0.193 e. The summed E-state index contributed by atoms with van der Waals surface area (Å²) in [5.74, 6) is 0.571. The SMILES string of the molecule is N#Cc1cc(Br)ccc1OCc1cn2ccsc2n1. The monoisotopic (exact) mass is 333 g/mol. The molecular formula is C13H8BrN3OS. The molecule has 0 atom stereocenters. The number of imidazole rings is 1. The summed E-state index contributed by atoms with van der Waals surface area (Å²) in [6.07, 6.45) is 3.88. The lowest BCUT2D eigenvalue weighted by Crippen LogP contribution is -1.97. The summed E-state index contributed by atoms with van der Waals surface area (Å²) in [6, 6.07) is 7.48. The molecule has 2 aromatic heterocycles. The van der Waals surface area contributed by atoms with Gasteiger partial charge in [-0.05, 0) is 18.2 Å². The number of nitrogens with zero attached hydrogens (tertiary/aromatic N) is 3. The number of thiazole rings is 1. The van der Waals surface area contributed by atoms with Crippen LogP contribution in [0.2, 0.25) is 0 Å². The minimum absolute atomic E-state index is 0.352. The molecular weight excluding hydrogens is 326 g/mol. The third-order valence-electron chi connectivity index (χ3n) is 2.58. The fourth-order valence-electron chi connectivity index (χ4n) is 1.71. The number of hydrogen-bond acceptors (Lipinski definition) is 4. The first-order valence-electron chi connectivity index (χ1n) is 5.50. The molecule has 0 saturated heterocycles. The Bertz CT molecular complexity index is 743. The molecule has 0 bridgehead atoms. The molecule has 3 aromatic rings. The highest BCUT2D eigenvalue weighted by Gasteiger charge is 2.07. The van der Waals surface area contributed by atoms with Gasteiger partial charge < -0.3 is 4.74 Å². The summed E-state index contributed by atoms with van der Waals surface area (Å²) < 4.78 is 8.47. The van der Waals surface area contributed by atoms with Gasteiger partial charge in [-0.3, -0.25) is 4.40 Å². The van der Waals surface area contributed by atoms with Crippen molar-refractivity contribution < 1.29 is 4.74 Å². The van der Waals surface area contributed by atoms with Crippen molar-refractivity contribution in [3.05, 3.63) is 51.7 Å². The molecule has 6 heteroatoms. The van der Waals surface area contributed by atoms with Gasteiger partial charge in [-0.15, -0.1) is 11.3 Å². The average molecular weight is 334 g/mol. The van der Waals surface area contributed by atoms with Crippen molar-refractivity contribution >= 4 is 32.2 Å². The Morgan fingerprint density at radius 1 is 1.47 bits per heavy atom. The third-order valence-corrected chi connectivity index (χ3v) is 3.84. The summed E-state index contributed by atoms with van der Waals surface area (Å²) in [4.78, 5) is 5.36. The van der Waals surface area contributed by atoms with Gasteiger partial charge >= 0.3 is 0 Å². The minimum atomic E-state index is 0.352. The Hall–Kier alpha value is -1.84. The van der Waals surface area contributed by atoms with Gasteiger partial charge in [0, 0.05) is 22.2 Å². The van der Waals surface area contributed by atoms with Gasteiger partial charge in [0.15, 0.2) is 4.96 Å². The molecule has 1 aromatic carbocycles. The molecule has 94 valence electrons. The molecule has 0 radical (unpaired) electrons. The van der Waals surface area contributed by atoms with Crippen molar-refractivity contribution in [2.45, 2.75) is 6.61 Å². The van der Waals surface area contributed by atoms with Gasteiger partial charge in [0.1, 0.15) is 18.4 Å². The Morgan fingerprint density at radius 2 is 2.37 bits per heavy atom.